The van der Waals surface area contributed by atoms with E-state index in [1.165, 1.54) is 23.1 Å². The maximum atomic E-state index is 13.4. The van der Waals surface area contributed by atoms with Crippen molar-refractivity contribution in [2.24, 2.45) is 0 Å². The number of ether oxygens (including phenoxy) is 2. The third kappa shape index (κ3) is 4.37. The molecule has 184 valence electrons. The van der Waals surface area contributed by atoms with Gasteiger partial charge in [0.05, 0.1) is 11.1 Å². The molecule has 4 aromatic rings. The van der Waals surface area contributed by atoms with Crippen molar-refractivity contribution in [3.63, 3.8) is 0 Å². The van der Waals surface area contributed by atoms with Crippen LogP contribution in [0.25, 0.3) is 10.8 Å². The van der Waals surface area contributed by atoms with Gasteiger partial charge in [-0.15, -0.1) is 8.78 Å². The molecular formula is C26H22F2N4O4. The van der Waals surface area contributed by atoms with E-state index >= 15 is 0 Å². The smallest absolute Gasteiger partial charge is 0.395 e. The summed E-state index contributed by atoms with van der Waals surface area (Å²) in [6.07, 6.45) is 0.0737. The summed E-state index contributed by atoms with van der Waals surface area (Å²) in [7, 11) is 0. The molecular weight excluding hydrogens is 470 g/mol. The molecule has 1 aliphatic rings. The predicted molar refractivity (Wildman–Crippen MR) is 128 cm³/mol. The van der Waals surface area contributed by atoms with Crippen LogP contribution in [0.4, 0.5) is 14.5 Å². The van der Waals surface area contributed by atoms with Crippen molar-refractivity contribution < 1.29 is 23.0 Å². The van der Waals surface area contributed by atoms with E-state index in [1.54, 1.807) is 19.3 Å². The van der Waals surface area contributed by atoms with Crippen molar-refractivity contribution in [3.8, 4) is 11.5 Å². The van der Waals surface area contributed by atoms with Gasteiger partial charge in [0.15, 0.2) is 11.5 Å². The predicted octanol–water partition coefficient (Wildman–Crippen LogP) is 4.07. The fourth-order valence-corrected chi connectivity index (χ4v) is 4.32. The van der Waals surface area contributed by atoms with Crippen LogP contribution in [0.2, 0.25) is 0 Å². The van der Waals surface area contributed by atoms with E-state index in [4.69, 9.17) is 0 Å². The fraction of sp³-hybridized carbons (Fsp3) is 0.231. The maximum Gasteiger partial charge on any atom is 0.586 e. The number of rotatable bonds is 6. The minimum atomic E-state index is -3.76. The summed E-state index contributed by atoms with van der Waals surface area (Å²) in [5, 5.41) is 5.76. The molecule has 0 bridgehead atoms. The standard InChI is InChI=1S/C26H22F2N4O4/c1-3-31(18-9-10-21-22(13-18)36-26(27,28)35-21)23(33)15-32-25(34)24-16(2)6-4-8-19(24)20(30-32)12-17-7-5-11-29-14-17/h4-11,13-14H,3,12,15H2,1-2H3. The minimum Gasteiger partial charge on any atom is -0.395 e. The number of hydrogen-bond donors (Lipinski definition) is 0. The molecule has 10 heteroatoms. The second-order valence-corrected chi connectivity index (χ2v) is 8.38. The average Bonchev–Trinajstić information content (AvgIpc) is 3.16. The van der Waals surface area contributed by atoms with Gasteiger partial charge in [0.25, 0.3) is 5.56 Å². The molecule has 1 aliphatic heterocycles. The highest BCUT2D eigenvalue weighted by molar-refractivity contribution is 5.94. The number of alkyl halides is 2. The lowest BCUT2D eigenvalue weighted by Gasteiger charge is -2.22. The molecule has 0 aliphatic carbocycles. The first-order valence-electron chi connectivity index (χ1n) is 11.3. The Kier molecular flexibility index (Phi) is 5.87. The van der Waals surface area contributed by atoms with Gasteiger partial charge >= 0.3 is 6.29 Å². The zero-order chi connectivity index (χ0) is 25.4. The number of aryl methyl sites for hydroxylation is 1. The van der Waals surface area contributed by atoms with Crippen LogP contribution < -0.4 is 19.9 Å². The molecule has 0 saturated heterocycles. The molecule has 0 radical (unpaired) electrons. The van der Waals surface area contributed by atoms with Crippen LogP contribution in [0.5, 0.6) is 11.5 Å². The molecule has 2 aromatic heterocycles. The summed E-state index contributed by atoms with van der Waals surface area (Å²) in [5.41, 5.74) is 2.28. The first kappa shape index (κ1) is 23.4. The summed E-state index contributed by atoms with van der Waals surface area (Å²) < 4.78 is 36.9. The van der Waals surface area contributed by atoms with E-state index in [0.29, 0.717) is 23.2 Å². The number of anilines is 1. The lowest BCUT2D eigenvalue weighted by atomic mass is 10.0. The Labute approximate surface area is 204 Å². The molecule has 2 aromatic carbocycles. The summed E-state index contributed by atoms with van der Waals surface area (Å²) in [6.45, 7) is 3.48. The number of halogens is 2. The van der Waals surface area contributed by atoms with Crippen molar-refractivity contribution in [3.05, 3.63) is 88.1 Å². The largest absolute Gasteiger partial charge is 0.586 e. The first-order chi connectivity index (χ1) is 17.3. The second-order valence-electron chi connectivity index (χ2n) is 8.38. The van der Waals surface area contributed by atoms with E-state index in [9.17, 15) is 18.4 Å². The molecule has 3 heterocycles. The Morgan fingerprint density at radius 2 is 1.92 bits per heavy atom. The Morgan fingerprint density at radius 3 is 2.67 bits per heavy atom. The molecule has 0 spiro atoms. The van der Waals surface area contributed by atoms with Crippen molar-refractivity contribution in [1.82, 2.24) is 14.8 Å². The van der Waals surface area contributed by atoms with Gasteiger partial charge in [-0.25, -0.2) is 4.68 Å². The number of amides is 1. The van der Waals surface area contributed by atoms with E-state index in [1.807, 2.05) is 37.3 Å². The number of fused-ring (bicyclic) bond motifs is 2. The normalized spacial score (nSPS) is 13.7. The van der Waals surface area contributed by atoms with E-state index in [-0.39, 0.29) is 30.1 Å². The molecule has 8 nitrogen and oxygen atoms in total. The van der Waals surface area contributed by atoms with Gasteiger partial charge in [-0.1, -0.05) is 24.3 Å². The van der Waals surface area contributed by atoms with Crippen LogP contribution in [0.3, 0.4) is 0 Å². The third-order valence-corrected chi connectivity index (χ3v) is 5.97. The summed E-state index contributed by atoms with van der Waals surface area (Å²) in [5.74, 6) is -0.715. The monoisotopic (exact) mass is 492 g/mol. The SMILES string of the molecule is CCN(C(=O)Cn1nc(Cc2cccnc2)c2cccc(C)c2c1=O)c1ccc2c(c1)OC(F)(F)O2. The summed E-state index contributed by atoms with van der Waals surface area (Å²) in [6, 6.07) is 13.4. The van der Waals surface area contributed by atoms with Crippen LogP contribution in [0.1, 0.15) is 23.7 Å². The number of carbonyl (C=O) groups is 1. The number of hydrogen-bond acceptors (Lipinski definition) is 6. The summed E-state index contributed by atoms with van der Waals surface area (Å²) in [4.78, 5) is 32.2. The lowest BCUT2D eigenvalue weighted by molar-refractivity contribution is -0.286. The second kappa shape index (κ2) is 9.03. The van der Waals surface area contributed by atoms with Crippen molar-refractivity contribution in [2.45, 2.75) is 33.1 Å². The number of nitrogens with zero attached hydrogens (tertiary/aromatic N) is 4. The molecule has 1 amide bonds. The van der Waals surface area contributed by atoms with E-state index in [0.717, 1.165) is 21.2 Å². The zero-order valence-corrected chi connectivity index (χ0v) is 19.6. The molecule has 0 unspecified atom stereocenters. The topological polar surface area (TPSA) is 86.6 Å². The number of carbonyl (C=O) groups excluding carboxylic acids is 1. The van der Waals surface area contributed by atoms with Crippen LogP contribution in [0, 0.1) is 6.92 Å². The van der Waals surface area contributed by atoms with Crippen LogP contribution in [-0.2, 0) is 17.8 Å². The average molecular weight is 492 g/mol. The quantitative estimate of drug-likeness (QED) is 0.404. The molecule has 0 saturated carbocycles. The molecule has 36 heavy (non-hydrogen) atoms. The van der Waals surface area contributed by atoms with Gasteiger partial charge in [-0.05, 0) is 43.2 Å². The molecule has 0 fully saturated rings. The number of aromatic nitrogens is 3. The molecule has 5 rings (SSSR count). The van der Waals surface area contributed by atoms with Gasteiger partial charge in [-0.3, -0.25) is 14.6 Å². The zero-order valence-electron chi connectivity index (χ0n) is 19.6. The Morgan fingerprint density at radius 1 is 1.11 bits per heavy atom. The number of benzene rings is 2. The lowest BCUT2D eigenvalue weighted by Crippen LogP contribution is -2.38. The van der Waals surface area contributed by atoms with Crippen LogP contribution in [-0.4, -0.2) is 33.5 Å². The minimum absolute atomic E-state index is 0.116. The molecule has 0 atom stereocenters. The maximum absolute atomic E-state index is 13.4. The number of likely N-dealkylation sites (N-methyl/N-ethyl adjacent to an activating group) is 1. The van der Waals surface area contributed by atoms with Gasteiger partial charge in [0.1, 0.15) is 6.54 Å². The van der Waals surface area contributed by atoms with Gasteiger partial charge in [-0.2, -0.15) is 5.10 Å². The summed E-state index contributed by atoms with van der Waals surface area (Å²) >= 11 is 0. The van der Waals surface area contributed by atoms with Crippen LogP contribution in [0.15, 0.2) is 65.7 Å². The molecule has 0 N–H and O–H groups in total. The van der Waals surface area contributed by atoms with E-state index < -0.39 is 12.2 Å². The van der Waals surface area contributed by atoms with Crippen LogP contribution >= 0.6 is 0 Å². The Bertz CT molecular complexity index is 1520. The highest BCUT2D eigenvalue weighted by Crippen LogP contribution is 2.42. The van der Waals surface area contributed by atoms with Gasteiger partial charge in [0, 0.05) is 42.5 Å². The highest BCUT2D eigenvalue weighted by atomic mass is 19.3. The third-order valence-electron chi connectivity index (χ3n) is 5.97. The van der Waals surface area contributed by atoms with Crippen molar-refractivity contribution in [1.29, 1.82) is 0 Å². The van der Waals surface area contributed by atoms with Gasteiger partial charge in [0.2, 0.25) is 5.91 Å². The van der Waals surface area contributed by atoms with Gasteiger partial charge < -0.3 is 14.4 Å². The van der Waals surface area contributed by atoms with Crippen molar-refractivity contribution >= 4 is 22.4 Å². The first-order valence-corrected chi connectivity index (χ1v) is 11.3. The van der Waals surface area contributed by atoms with E-state index in [2.05, 4.69) is 19.6 Å². The Hall–Kier alpha value is -4.34. The Balaban J connectivity index is 1.50. The van der Waals surface area contributed by atoms with Crippen molar-refractivity contribution in [2.75, 3.05) is 11.4 Å². The fourth-order valence-electron chi connectivity index (χ4n) is 4.32. The highest BCUT2D eigenvalue weighted by Gasteiger charge is 2.43. The number of pyridine rings is 1.